The van der Waals surface area contributed by atoms with Crippen LogP contribution in [-0.2, 0) is 0 Å². The van der Waals surface area contributed by atoms with Crippen LogP contribution in [0.25, 0.3) is 6.08 Å². The lowest BCUT2D eigenvalue weighted by atomic mass is 9.97. The monoisotopic (exact) mass is 316 g/mol. The first-order valence-corrected chi connectivity index (χ1v) is 9.30. The summed E-state index contributed by atoms with van der Waals surface area (Å²) < 4.78 is 0. The van der Waals surface area contributed by atoms with Crippen LogP contribution < -0.4 is 11.1 Å². The van der Waals surface area contributed by atoms with Crippen LogP contribution in [0.3, 0.4) is 0 Å². The summed E-state index contributed by atoms with van der Waals surface area (Å²) in [5, 5.41) is 3.14. The zero-order chi connectivity index (χ0) is 16.9. The Morgan fingerprint density at radius 3 is 2.04 bits per heavy atom. The smallest absolute Gasteiger partial charge is 0.00652 e. The van der Waals surface area contributed by atoms with Crippen molar-refractivity contribution in [2.75, 3.05) is 7.05 Å². The fraction of sp³-hybridized carbons (Fsp3) is 0.619. The van der Waals surface area contributed by atoms with Crippen LogP contribution in [0.5, 0.6) is 0 Å². The van der Waals surface area contributed by atoms with Crippen LogP contribution >= 0.6 is 0 Å². The summed E-state index contributed by atoms with van der Waals surface area (Å²) in [6.45, 7) is 4.34. The van der Waals surface area contributed by atoms with Gasteiger partial charge in [0.05, 0.1) is 0 Å². The molecule has 0 heterocycles. The molecule has 0 unspecified atom stereocenters. The van der Waals surface area contributed by atoms with Gasteiger partial charge in [0.2, 0.25) is 0 Å². The summed E-state index contributed by atoms with van der Waals surface area (Å²) in [5.74, 6) is 0. The van der Waals surface area contributed by atoms with E-state index in [1.807, 2.05) is 13.1 Å². The highest BCUT2D eigenvalue weighted by Gasteiger charge is 2.17. The fourth-order valence-corrected chi connectivity index (χ4v) is 2.44. The van der Waals surface area contributed by atoms with Crippen molar-refractivity contribution in [3.8, 4) is 0 Å². The largest absolute Gasteiger partial charge is 0.328 e. The van der Waals surface area contributed by atoms with Crippen molar-refractivity contribution in [2.24, 2.45) is 5.73 Å². The molecule has 23 heavy (non-hydrogen) atoms. The number of hydrogen-bond acceptors (Lipinski definition) is 2. The number of benzene rings is 1. The second kappa shape index (κ2) is 12.3. The molecule has 0 atom stereocenters. The van der Waals surface area contributed by atoms with E-state index in [1.165, 1.54) is 56.1 Å². The van der Waals surface area contributed by atoms with Gasteiger partial charge in [-0.3, -0.25) is 0 Å². The zero-order valence-electron chi connectivity index (χ0n) is 15.4. The highest BCUT2D eigenvalue weighted by atomic mass is 14.9. The van der Waals surface area contributed by atoms with E-state index in [2.05, 4.69) is 49.5 Å². The van der Waals surface area contributed by atoms with Crippen molar-refractivity contribution in [3.63, 3.8) is 0 Å². The van der Waals surface area contributed by atoms with Crippen LogP contribution in [0.15, 0.2) is 35.9 Å². The van der Waals surface area contributed by atoms with Gasteiger partial charge in [0.15, 0.2) is 0 Å². The van der Waals surface area contributed by atoms with E-state index in [9.17, 15) is 0 Å². The van der Waals surface area contributed by atoms with E-state index in [0.29, 0.717) is 6.04 Å². The molecular formula is C21H36N2. The molecule has 2 saturated carbocycles. The molecule has 0 aliphatic heterocycles. The SMILES string of the molecule is CC/C(C)=C\c1ccccc1.CNC1CC1.NC1CCCCC1. The molecule has 3 N–H and O–H groups in total. The molecule has 3 rings (SSSR count). The summed E-state index contributed by atoms with van der Waals surface area (Å²) >= 11 is 0. The molecule has 0 saturated heterocycles. The van der Waals surface area contributed by atoms with Crippen molar-refractivity contribution in [1.82, 2.24) is 5.32 Å². The Kier molecular flexibility index (Phi) is 10.7. The maximum atomic E-state index is 5.63. The zero-order valence-corrected chi connectivity index (χ0v) is 15.4. The molecule has 2 aliphatic rings. The second-order valence-corrected chi connectivity index (χ2v) is 6.72. The maximum Gasteiger partial charge on any atom is 0.00652 e. The molecule has 0 bridgehead atoms. The van der Waals surface area contributed by atoms with Gasteiger partial charge in [0.25, 0.3) is 0 Å². The molecule has 0 aromatic heterocycles. The highest BCUT2D eigenvalue weighted by Crippen LogP contribution is 2.17. The average Bonchev–Trinajstić information content (AvgIpc) is 3.42. The quantitative estimate of drug-likeness (QED) is 0.809. The molecule has 2 heteroatoms. The van der Waals surface area contributed by atoms with Crippen molar-refractivity contribution < 1.29 is 0 Å². The lowest BCUT2D eigenvalue weighted by Gasteiger charge is -2.15. The molecular weight excluding hydrogens is 280 g/mol. The molecule has 130 valence electrons. The normalized spacial score (nSPS) is 18.3. The molecule has 0 radical (unpaired) electrons. The van der Waals surface area contributed by atoms with Crippen LogP contribution in [0.1, 0.15) is 70.8 Å². The summed E-state index contributed by atoms with van der Waals surface area (Å²) in [6, 6.07) is 11.8. The Balaban J connectivity index is 0.000000188. The number of rotatable bonds is 3. The molecule has 2 nitrogen and oxygen atoms in total. The minimum atomic E-state index is 0.536. The third-order valence-electron chi connectivity index (χ3n) is 4.41. The van der Waals surface area contributed by atoms with Crippen LogP contribution in [0.4, 0.5) is 0 Å². The number of nitrogens with one attached hydrogen (secondary N) is 1. The van der Waals surface area contributed by atoms with E-state index in [4.69, 9.17) is 5.73 Å². The lowest BCUT2D eigenvalue weighted by molar-refractivity contribution is 0.441. The number of hydrogen-bond donors (Lipinski definition) is 2. The van der Waals surface area contributed by atoms with Crippen molar-refractivity contribution in [3.05, 3.63) is 41.5 Å². The summed E-state index contributed by atoms with van der Waals surface area (Å²) in [5.41, 5.74) is 8.36. The molecule has 1 aromatic rings. The van der Waals surface area contributed by atoms with Crippen molar-refractivity contribution in [1.29, 1.82) is 0 Å². The molecule has 2 aliphatic carbocycles. The van der Waals surface area contributed by atoms with Gasteiger partial charge in [-0.1, -0.05) is 68.2 Å². The Labute approximate surface area is 143 Å². The van der Waals surface area contributed by atoms with Gasteiger partial charge in [0.1, 0.15) is 0 Å². The Bertz CT molecular complexity index is 415. The Hall–Kier alpha value is -1.12. The number of nitrogens with two attached hydrogens (primary N) is 1. The molecule has 2 fully saturated rings. The van der Waals surface area contributed by atoms with Gasteiger partial charge < -0.3 is 11.1 Å². The standard InChI is InChI=1S/C11H14.C6H13N.C4H9N/c1-3-10(2)9-11-7-5-4-6-8-11;7-6-4-2-1-3-5-6;1-5-4-2-3-4/h4-9H,3H2,1-2H3;6H,1-5,7H2;4-5H,2-3H2,1H3/b10-9-;;. The molecule has 1 aromatic carbocycles. The van der Waals surface area contributed by atoms with Crippen molar-refractivity contribution >= 4 is 6.08 Å². The first kappa shape index (κ1) is 19.9. The van der Waals surface area contributed by atoms with Gasteiger partial charge in [-0.2, -0.15) is 0 Å². The second-order valence-electron chi connectivity index (χ2n) is 6.72. The fourth-order valence-electron chi connectivity index (χ4n) is 2.44. The summed E-state index contributed by atoms with van der Waals surface area (Å²) in [4.78, 5) is 0. The van der Waals surface area contributed by atoms with Crippen molar-refractivity contribution in [2.45, 2.75) is 77.3 Å². The van der Waals surface area contributed by atoms with E-state index in [1.54, 1.807) is 0 Å². The van der Waals surface area contributed by atoms with Crippen LogP contribution in [-0.4, -0.2) is 19.1 Å². The average molecular weight is 317 g/mol. The van der Waals surface area contributed by atoms with E-state index in [-0.39, 0.29) is 0 Å². The Morgan fingerprint density at radius 2 is 1.70 bits per heavy atom. The Morgan fingerprint density at radius 1 is 1.09 bits per heavy atom. The first-order valence-electron chi connectivity index (χ1n) is 9.30. The summed E-state index contributed by atoms with van der Waals surface area (Å²) in [6.07, 6.45) is 12.8. The van der Waals surface area contributed by atoms with Gasteiger partial charge in [0, 0.05) is 12.1 Å². The summed E-state index contributed by atoms with van der Waals surface area (Å²) in [7, 11) is 2.01. The number of allylic oxidation sites excluding steroid dienone is 1. The predicted octanol–water partition coefficient (Wildman–Crippen LogP) is 5.15. The van der Waals surface area contributed by atoms with E-state index in [0.717, 1.165) is 12.5 Å². The minimum Gasteiger partial charge on any atom is -0.328 e. The third kappa shape index (κ3) is 11.1. The minimum absolute atomic E-state index is 0.536. The first-order chi connectivity index (χ1) is 11.2. The van der Waals surface area contributed by atoms with Crippen LogP contribution in [0, 0.1) is 0 Å². The maximum absolute atomic E-state index is 5.63. The van der Waals surface area contributed by atoms with E-state index < -0.39 is 0 Å². The molecule has 0 spiro atoms. The topological polar surface area (TPSA) is 38.0 Å². The highest BCUT2D eigenvalue weighted by molar-refractivity contribution is 5.51. The van der Waals surface area contributed by atoms with Gasteiger partial charge >= 0.3 is 0 Å². The molecule has 0 amide bonds. The third-order valence-corrected chi connectivity index (χ3v) is 4.41. The van der Waals surface area contributed by atoms with Gasteiger partial charge in [-0.05, 0) is 51.6 Å². The van der Waals surface area contributed by atoms with Gasteiger partial charge in [-0.25, -0.2) is 0 Å². The van der Waals surface area contributed by atoms with Gasteiger partial charge in [-0.15, -0.1) is 0 Å². The van der Waals surface area contributed by atoms with E-state index >= 15 is 0 Å². The predicted molar refractivity (Wildman–Crippen MR) is 104 cm³/mol. The lowest BCUT2D eigenvalue weighted by Crippen LogP contribution is -2.22. The van der Waals surface area contributed by atoms with Crippen LogP contribution in [0.2, 0.25) is 0 Å².